The molecule has 1 aliphatic heterocycles. The molecule has 1 nitrogen and oxygen atoms in total. The lowest BCUT2D eigenvalue weighted by atomic mass is 10.3. The Balaban J connectivity index is 2.13. The van der Waals surface area contributed by atoms with Gasteiger partial charge in [-0.1, -0.05) is 0 Å². The van der Waals surface area contributed by atoms with E-state index in [0.29, 0.717) is 6.04 Å². The van der Waals surface area contributed by atoms with Crippen LogP contribution in [-0.2, 0) is 0 Å². The Morgan fingerprint density at radius 3 is 2.50 bits per heavy atom. The smallest absolute Gasteiger partial charge is 0.00790 e. The summed E-state index contributed by atoms with van der Waals surface area (Å²) >= 11 is 0. The van der Waals surface area contributed by atoms with Crippen LogP contribution in [0.3, 0.4) is 0 Å². The molecule has 3 atom stereocenters. The van der Waals surface area contributed by atoms with Crippen molar-refractivity contribution in [3.63, 3.8) is 0 Å². The molecule has 2 N–H and O–H groups in total. The minimum absolute atomic E-state index is 0.475. The number of rotatable bonds is 1. The summed E-state index contributed by atoms with van der Waals surface area (Å²) in [5, 5.41) is 0. The molecule has 1 aliphatic rings. The second-order valence-electron chi connectivity index (χ2n) is 1.87. The molecule has 1 saturated heterocycles. The first kappa shape index (κ1) is 4.55. The van der Waals surface area contributed by atoms with Crippen molar-refractivity contribution in [2.24, 2.45) is 5.73 Å². The first-order valence-electron chi connectivity index (χ1n) is 2.29. The molecule has 36 valence electrons. The molecule has 0 spiro atoms. The highest BCUT2D eigenvalue weighted by Crippen LogP contribution is 2.39. The second kappa shape index (κ2) is 1.48. The third kappa shape index (κ3) is 0.924. The monoisotopic (exact) mass is 103 g/mol. The Morgan fingerprint density at radius 1 is 2.00 bits per heavy atom. The van der Waals surface area contributed by atoms with Gasteiger partial charge >= 0.3 is 0 Å². The molecule has 6 heavy (non-hydrogen) atoms. The van der Waals surface area contributed by atoms with Crippen LogP contribution in [0.15, 0.2) is 0 Å². The first-order chi connectivity index (χ1) is 2.80. The molecular weight excluding hydrogens is 93.0 g/mol. The van der Waals surface area contributed by atoms with Crippen LogP contribution in [0.1, 0.15) is 6.92 Å². The van der Waals surface area contributed by atoms with Crippen LogP contribution in [0.4, 0.5) is 0 Å². The van der Waals surface area contributed by atoms with Gasteiger partial charge in [0.05, 0.1) is 0 Å². The summed E-state index contributed by atoms with van der Waals surface area (Å²) < 4.78 is 0. The standard InChI is InChI=1S/C4H10NP/c1-3(5)4-2-6-4/h3-4,6H,2,5H2,1H3. The van der Waals surface area contributed by atoms with Crippen LogP contribution in [0.5, 0.6) is 0 Å². The van der Waals surface area contributed by atoms with Gasteiger partial charge in [-0.2, -0.15) is 0 Å². The number of hydrogen-bond donors (Lipinski definition) is 1. The minimum Gasteiger partial charge on any atom is -0.327 e. The SMILES string of the molecule is CC(N)C1CP1. The quantitative estimate of drug-likeness (QED) is 0.477. The second-order valence-corrected chi connectivity index (χ2v) is 3.43. The molecule has 0 radical (unpaired) electrons. The van der Waals surface area contributed by atoms with Gasteiger partial charge in [0, 0.05) is 6.04 Å². The highest BCUT2D eigenvalue weighted by molar-refractivity contribution is 7.47. The molecule has 0 aromatic heterocycles. The molecule has 0 aromatic carbocycles. The van der Waals surface area contributed by atoms with Gasteiger partial charge < -0.3 is 5.73 Å². The van der Waals surface area contributed by atoms with E-state index in [1.165, 1.54) is 14.7 Å². The van der Waals surface area contributed by atoms with Crippen molar-refractivity contribution in [3.05, 3.63) is 0 Å². The Labute approximate surface area is 40.1 Å². The average Bonchev–Trinajstić information content (AvgIpc) is 2.06. The van der Waals surface area contributed by atoms with E-state index < -0.39 is 0 Å². The fraction of sp³-hybridized carbons (Fsp3) is 1.00. The molecule has 0 saturated carbocycles. The van der Waals surface area contributed by atoms with Gasteiger partial charge in [-0.25, -0.2) is 0 Å². The summed E-state index contributed by atoms with van der Waals surface area (Å²) in [6.07, 6.45) is 1.40. The summed E-state index contributed by atoms with van der Waals surface area (Å²) in [5.41, 5.74) is 6.41. The van der Waals surface area contributed by atoms with Crippen LogP contribution in [0, 0.1) is 0 Å². The van der Waals surface area contributed by atoms with Crippen molar-refractivity contribution in [1.29, 1.82) is 0 Å². The normalized spacial score (nSPS) is 40.0. The van der Waals surface area contributed by atoms with Crippen molar-refractivity contribution >= 4 is 8.58 Å². The highest BCUT2D eigenvalue weighted by Gasteiger charge is 2.24. The molecule has 3 unspecified atom stereocenters. The molecule has 1 rings (SSSR count). The summed E-state index contributed by atoms with van der Waals surface area (Å²) in [6, 6.07) is 0.475. The lowest BCUT2D eigenvalue weighted by Gasteiger charge is -1.94. The van der Waals surface area contributed by atoms with Crippen LogP contribution in [0.25, 0.3) is 0 Å². The Hall–Kier alpha value is 0.390. The number of hydrogen-bond acceptors (Lipinski definition) is 1. The van der Waals surface area contributed by atoms with Gasteiger partial charge in [-0.15, -0.1) is 8.58 Å². The van der Waals surface area contributed by atoms with E-state index in [1.807, 2.05) is 0 Å². The zero-order valence-corrected chi connectivity index (χ0v) is 4.94. The van der Waals surface area contributed by atoms with Gasteiger partial charge in [-0.3, -0.25) is 0 Å². The molecule has 1 fully saturated rings. The Kier molecular flexibility index (Phi) is 1.12. The summed E-state index contributed by atoms with van der Waals surface area (Å²) in [5.74, 6) is 0. The van der Waals surface area contributed by atoms with Crippen molar-refractivity contribution in [2.45, 2.75) is 18.6 Å². The van der Waals surface area contributed by atoms with E-state index in [9.17, 15) is 0 Å². The number of nitrogens with two attached hydrogens (primary N) is 1. The van der Waals surface area contributed by atoms with Crippen LogP contribution >= 0.6 is 8.58 Å². The van der Waals surface area contributed by atoms with Gasteiger partial charge in [0.15, 0.2) is 0 Å². The van der Waals surface area contributed by atoms with Crippen LogP contribution in [-0.4, -0.2) is 17.9 Å². The molecule has 2 heteroatoms. The third-order valence-electron chi connectivity index (χ3n) is 1.07. The van der Waals surface area contributed by atoms with Gasteiger partial charge in [0.2, 0.25) is 0 Å². The average molecular weight is 103 g/mol. The molecule has 0 aliphatic carbocycles. The minimum atomic E-state index is 0.475. The molecule has 0 amide bonds. The van der Waals surface area contributed by atoms with Gasteiger partial charge in [0.25, 0.3) is 0 Å². The maximum Gasteiger partial charge on any atom is 0.00790 e. The summed E-state index contributed by atoms with van der Waals surface area (Å²) in [4.78, 5) is 0. The molecule has 0 aromatic rings. The Morgan fingerprint density at radius 2 is 2.50 bits per heavy atom. The molecule has 1 heterocycles. The van der Waals surface area contributed by atoms with E-state index in [0.717, 1.165) is 5.66 Å². The zero-order chi connectivity index (χ0) is 4.57. The first-order valence-corrected chi connectivity index (χ1v) is 3.58. The Bertz CT molecular complexity index is 49.5. The van der Waals surface area contributed by atoms with Gasteiger partial charge in [0.1, 0.15) is 0 Å². The third-order valence-corrected chi connectivity index (χ3v) is 2.48. The topological polar surface area (TPSA) is 26.0 Å². The molecular formula is C4H10NP. The zero-order valence-electron chi connectivity index (χ0n) is 3.94. The van der Waals surface area contributed by atoms with Crippen molar-refractivity contribution in [3.8, 4) is 0 Å². The van der Waals surface area contributed by atoms with E-state index in [4.69, 9.17) is 5.73 Å². The van der Waals surface area contributed by atoms with Crippen molar-refractivity contribution < 1.29 is 0 Å². The fourth-order valence-corrected chi connectivity index (χ4v) is 1.32. The van der Waals surface area contributed by atoms with E-state index in [2.05, 4.69) is 6.92 Å². The van der Waals surface area contributed by atoms with E-state index in [-0.39, 0.29) is 0 Å². The maximum absolute atomic E-state index is 5.50. The fourth-order valence-electron chi connectivity index (χ4n) is 0.440. The summed E-state index contributed by atoms with van der Waals surface area (Å²) in [7, 11) is 1.18. The predicted octanol–water partition coefficient (Wildman–Crippen LogP) is 0.394. The molecule has 0 bridgehead atoms. The lowest BCUT2D eigenvalue weighted by Crippen LogP contribution is -2.20. The highest BCUT2D eigenvalue weighted by atomic mass is 31.1. The summed E-state index contributed by atoms with van der Waals surface area (Å²) in [6.45, 7) is 2.09. The van der Waals surface area contributed by atoms with Gasteiger partial charge in [-0.05, 0) is 18.7 Å². The van der Waals surface area contributed by atoms with Crippen LogP contribution < -0.4 is 5.73 Å². The van der Waals surface area contributed by atoms with Crippen molar-refractivity contribution in [1.82, 2.24) is 0 Å². The van der Waals surface area contributed by atoms with E-state index in [1.54, 1.807) is 0 Å². The largest absolute Gasteiger partial charge is 0.327 e. The predicted molar refractivity (Wildman–Crippen MR) is 30.6 cm³/mol. The van der Waals surface area contributed by atoms with E-state index >= 15 is 0 Å². The van der Waals surface area contributed by atoms with Crippen molar-refractivity contribution in [2.75, 3.05) is 6.16 Å². The maximum atomic E-state index is 5.50. The van der Waals surface area contributed by atoms with Crippen LogP contribution in [0.2, 0.25) is 0 Å². The lowest BCUT2D eigenvalue weighted by molar-refractivity contribution is 0.774.